The van der Waals surface area contributed by atoms with Gasteiger partial charge in [-0.15, -0.1) is 0 Å². The van der Waals surface area contributed by atoms with Gasteiger partial charge in [-0.1, -0.05) is 37.1 Å². The Kier molecular flexibility index (Phi) is 6.74. The van der Waals surface area contributed by atoms with Gasteiger partial charge in [0.05, 0.1) is 5.75 Å². The highest BCUT2D eigenvalue weighted by atomic mass is 32.2. The average Bonchev–Trinajstić information content (AvgIpc) is 3.02. The number of rotatable bonds is 9. The monoisotopic (exact) mass is 359 g/mol. The molecule has 1 saturated carbocycles. The minimum Gasteiger partial charge on any atom is -0.375 e. The van der Waals surface area contributed by atoms with E-state index in [-0.39, 0.29) is 17.4 Å². The average molecular weight is 359 g/mol. The summed E-state index contributed by atoms with van der Waals surface area (Å²) in [5, 5.41) is 3.47. The highest BCUT2D eigenvalue weighted by molar-refractivity contribution is 7.85. The van der Waals surface area contributed by atoms with Crippen molar-refractivity contribution in [1.82, 2.24) is 5.32 Å². The van der Waals surface area contributed by atoms with E-state index in [1.54, 1.807) is 19.2 Å². The zero-order chi connectivity index (χ0) is 17.6. The Morgan fingerprint density at radius 2 is 1.92 bits per heavy atom. The van der Waals surface area contributed by atoms with E-state index < -0.39 is 16.8 Å². The van der Waals surface area contributed by atoms with Gasteiger partial charge in [0.25, 0.3) is 10.1 Å². The van der Waals surface area contributed by atoms with Gasteiger partial charge in [0, 0.05) is 12.6 Å². The first-order valence-corrected chi connectivity index (χ1v) is 9.89. The number of ether oxygens (including phenoxy) is 1. The fourth-order valence-corrected chi connectivity index (χ4v) is 4.10. The molecule has 7 heteroatoms. The summed E-state index contributed by atoms with van der Waals surface area (Å²) in [6.07, 6.45) is 4.18. The maximum absolute atomic E-state index is 12.7. The molecule has 0 radical (unpaired) electrons. The van der Waals surface area contributed by atoms with Crippen LogP contribution in [-0.4, -0.2) is 37.9 Å². The van der Waals surface area contributed by atoms with Crippen molar-refractivity contribution >= 4 is 10.1 Å². The van der Waals surface area contributed by atoms with Crippen LogP contribution in [0.4, 0.5) is 4.39 Å². The number of halogens is 1. The summed E-state index contributed by atoms with van der Waals surface area (Å²) in [6.45, 7) is -0.000825. The molecule has 136 valence electrons. The summed E-state index contributed by atoms with van der Waals surface area (Å²) in [7, 11) is -2.27. The Balaban J connectivity index is 2.10. The second-order valence-electron chi connectivity index (χ2n) is 6.42. The standard InChI is InChI=1S/C17H26FNO4S/c1-23-16(15-7-5-14(13-18)6-8-15)17(9-2-3-10-17)19-11-4-12-24(20,21)22/h5-8,16,19H,2-4,9-13H2,1H3,(H,20,21,22). The quantitative estimate of drug-likeness (QED) is 0.524. The van der Waals surface area contributed by atoms with Gasteiger partial charge >= 0.3 is 0 Å². The molecule has 0 bridgehead atoms. The lowest BCUT2D eigenvalue weighted by Gasteiger charge is -2.38. The molecule has 1 unspecified atom stereocenters. The SMILES string of the molecule is COC(c1ccc(CF)cc1)C1(NCCCS(=O)(=O)O)CCCC1. The van der Waals surface area contributed by atoms with Gasteiger partial charge in [-0.05, 0) is 36.9 Å². The predicted molar refractivity (Wildman–Crippen MR) is 91.2 cm³/mol. The summed E-state index contributed by atoms with van der Waals surface area (Å²) >= 11 is 0. The third kappa shape index (κ3) is 4.99. The van der Waals surface area contributed by atoms with Crippen molar-refractivity contribution < 1.29 is 22.1 Å². The number of hydrogen-bond acceptors (Lipinski definition) is 4. The van der Waals surface area contributed by atoms with Crippen LogP contribution in [0.5, 0.6) is 0 Å². The van der Waals surface area contributed by atoms with Crippen LogP contribution in [0.1, 0.15) is 49.3 Å². The normalized spacial score (nSPS) is 18.6. The highest BCUT2D eigenvalue weighted by Crippen LogP contribution is 2.41. The van der Waals surface area contributed by atoms with Gasteiger partial charge in [-0.2, -0.15) is 8.42 Å². The van der Waals surface area contributed by atoms with E-state index in [0.717, 1.165) is 31.2 Å². The van der Waals surface area contributed by atoms with Crippen LogP contribution in [0, 0.1) is 0 Å². The summed E-state index contributed by atoms with van der Waals surface area (Å²) < 4.78 is 49.0. The molecule has 0 spiro atoms. The van der Waals surface area contributed by atoms with Crippen molar-refractivity contribution in [1.29, 1.82) is 0 Å². The third-order valence-corrected chi connectivity index (χ3v) is 5.53. The molecule has 1 aromatic rings. The first-order chi connectivity index (χ1) is 11.4. The number of methoxy groups -OCH3 is 1. The fourth-order valence-electron chi connectivity index (χ4n) is 3.59. The Bertz CT molecular complexity index is 612. The van der Waals surface area contributed by atoms with E-state index >= 15 is 0 Å². The molecule has 2 N–H and O–H groups in total. The molecule has 1 aromatic carbocycles. The predicted octanol–water partition coefficient (Wildman–Crippen LogP) is 3.02. The largest absolute Gasteiger partial charge is 0.375 e. The second-order valence-corrected chi connectivity index (χ2v) is 7.99. The van der Waals surface area contributed by atoms with E-state index in [2.05, 4.69) is 5.32 Å². The molecule has 5 nitrogen and oxygen atoms in total. The maximum atomic E-state index is 12.7. The zero-order valence-corrected chi connectivity index (χ0v) is 14.8. The minimum absolute atomic E-state index is 0.181. The third-order valence-electron chi connectivity index (χ3n) is 4.73. The lowest BCUT2D eigenvalue weighted by atomic mass is 9.85. The first-order valence-electron chi connectivity index (χ1n) is 8.28. The Labute approximate surface area is 143 Å². The van der Waals surface area contributed by atoms with Gasteiger partial charge in [-0.25, -0.2) is 4.39 Å². The number of hydrogen-bond donors (Lipinski definition) is 2. The molecule has 0 saturated heterocycles. The molecule has 24 heavy (non-hydrogen) atoms. The number of alkyl halides is 1. The molecule has 1 aliphatic carbocycles. The van der Waals surface area contributed by atoms with Crippen LogP contribution in [0.2, 0.25) is 0 Å². The lowest BCUT2D eigenvalue weighted by molar-refractivity contribution is 0.0171. The van der Waals surface area contributed by atoms with E-state index in [0.29, 0.717) is 18.5 Å². The van der Waals surface area contributed by atoms with Crippen LogP contribution in [0.25, 0.3) is 0 Å². The molecule has 0 aliphatic heterocycles. The lowest BCUT2D eigenvalue weighted by Crippen LogP contribution is -2.49. The minimum atomic E-state index is -3.93. The molecule has 0 amide bonds. The molecular formula is C17H26FNO4S. The van der Waals surface area contributed by atoms with Crippen molar-refractivity contribution in [2.75, 3.05) is 19.4 Å². The van der Waals surface area contributed by atoms with Crippen molar-refractivity contribution in [3.05, 3.63) is 35.4 Å². The van der Waals surface area contributed by atoms with Crippen molar-refractivity contribution in [3.8, 4) is 0 Å². The molecule has 1 fully saturated rings. The number of nitrogens with one attached hydrogen (secondary N) is 1. The first kappa shape index (κ1) is 19.3. The number of benzene rings is 1. The topological polar surface area (TPSA) is 75.6 Å². The van der Waals surface area contributed by atoms with Crippen LogP contribution >= 0.6 is 0 Å². The van der Waals surface area contributed by atoms with E-state index in [1.165, 1.54) is 0 Å². The second kappa shape index (κ2) is 8.38. The Morgan fingerprint density at radius 1 is 1.29 bits per heavy atom. The van der Waals surface area contributed by atoms with Crippen LogP contribution in [-0.2, 0) is 21.5 Å². The van der Waals surface area contributed by atoms with E-state index in [1.807, 2.05) is 12.1 Å². The molecule has 2 rings (SSSR count). The van der Waals surface area contributed by atoms with Crippen molar-refractivity contribution in [3.63, 3.8) is 0 Å². The van der Waals surface area contributed by atoms with Gasteiger partial charge in [0.15, 0.2) is 0 Å². The van der Waals surface area contributed by atoms with Crippen LogP contribution < -0.4 is 5.32 Å². The van der Waals surface area contributed by atoms with E-state index in [9.17, 15) is 12.8 Å². The maximum Gasteiger partial charge on any atom is 0.264 e. The smallest absolute Gasteiger partial charge is 0.264 e. The summed E-state index contributed by atoms with van der Waals surface area (Å²) in [5.41, 5.74) is 1.36. The summed E-state index contributed by atoms with van der Waals surface area (Å²) in [5.74, 6) is -0.251. The van der Waals surface area contributed by atoms with Crippen molar-refractivity contribution in [2.45, 2.75) is 50.4 Å². The van der Waals surface area contributed by atoms with Crippen molar-refractivity contribution in [2.24, 2.45) is 0 Å². The summed E-state index contributed by atoms with van der Waals surface area (Å²) in [6, 6.07) is 7.32. The zero-order valence-electron chi connectivity index (χ0n) is 14.0. The van der Waals surface area contributed by atoms with Gasteiger partial charge in [-0.3, -0.25) is 4.55 Å². The molecule has 1 aliphatic rings. The van der Waals surface area contributed by atoms with Crippen LogP contribution in [0.15, 0.2) is 24.3 Å². The van der Waals surface area contributed by atoms with Crippen LogP contribution in [0.3, 0.4) is 0 Å². The molecular weight excluding hydrogens is 333 g/mol. The highest BCUT2D eigenvalue weighted by Gasteiger charge is 2.42. The fraction of sp³-hybridized carbons (Fsp3) is 0.647. The van der Waals surface area contributed by atoms with Gasteiger partial charge in [0.2, 0.25) is 0 Å². The van der Waals surface area contributed by atoms with E-state index in [4.69, 9.17) is 9.29 Å². The molecule has 0 aromatic heterocycles. The Morgan fingerprint density at radius 3 is 2.42 bits per heavy atom. The Hall–Kier alpha value is -1.02. The van der Waals surface area contributed by atoms with Gasteiger partial charge < -0.3 is 10.1 Å². The van der Waals surface area contributed by atoms with Gasteiger partial charge in [0.1, 0.15) is 12.8 Å². The molecule has 0 heterocycles. The molecule has 1 atom stereocenters. The summed E-state index contributed by atoms with van der Waals surface area (Å²) in [4.78, 5) is 0.